The molecule has 9 aromatic rings. The lowest BCUT2D eigenvalue weighted by Gasteiger charge is -2.24. The normalized spacial score (nSPS) is 13.4. The Morgan fingerprint density at radius 2 is 1.15 bits per heavy atom. The van der Waals surface area contributed by atoms with Gasteiger partial charge in [0.15, 0.2) is 17.5 Å². The molecule has 0 saturated carbocycles. The first-order chi connectivity index (χ1) is 23.5. The number of aromatic nitrogens is 3. The predicted molar refractivity (Wildman–Crippen MR) is 202 cm³/mol. The molecule has 226 valence electrons. The molecule has 0 N–H and O–H groups in total. The van der Waals surface area contributed by atoms with Crippen LogP contribution in [-0.2, 0) is 5.41 Å². The fraction of sp³-hybridized carbons (Fsp3) is 0.0682. The van der Waals surface area contributed by atoms with Crippen LogP contribution in [0.3, 0.4) is 0 Å². The standard InChI is InChI=1S/C44H29N3S/c1-44(2)35-24-22-27-20-19-26-11-6-7-14-30(26)38(27)39(35)33-16-10-17-34(40(33)44)43-46-41(28-12-4-3-5-13-28)45-42(47-43)29-21-23-32-31-15-8-9-18-36(31)48-37(32)25-29/h3-25H,1-2H3. The molecular formula is C44H29N3S. The van der Waals surface area contributed by atoms with Crippen LogP contribution < -0.4 is 0 Å². The van der Waals surface area contributed by atoms with Crippen LogP contribution >= 0.6 is 11.3 Å². The van der Waals surface area contributed by atoms with Gasteiger partial charge in [-0.05, 0) is 55.9 Å². The minimum Gasteiger partial charge on any atom is -0.208 e. The summed E-state index contributed by atoms with van der Waals surface area (Å²) in [5, 5.41) is 7.65. The summed E-state index contributed by atoms with van der Waals surface area (Å²) in [6.07, 6.45) is 0. The maximum atomic E-state index is 5.26. The van der Waals surface area contributed by atoms with E-state index in [9.17, 15) is 0 Å². The van der Waals surface area contributed by atoms with Gasteiger partial charge in [-0.15, -0.1) is 11.3 Å². The zero-order valence-electron chi connectivity index (χ0n) is 26.5. The van der Waals surface area contributed by atoms with Crippen molar-refractivity contribution in [1.29, 1.82) is 0 Å². The Balaban J connectivity index is 1.23. The van der Waals surface area contributed by atoms with Gasteiger partial charge < -0.3 is 0 Å². The van der Waals surface area contributed by atoms with Gasteiger partial charge in [0.2, 0.25) is 0 Å². The zero-order valence-corrected chi connectivity index (χ0v) is 27.3. The molecule has 1 aliphatic rings. The van der Waals surface area contributed by atoms with Crippen molar-refractivity contribution in [3.8, 4) is 45.3 Å². The van der Waals surface area contributed by atoms with Crippen molar-refractivity contribution in [2.75, 3.05) is 0 Å². The highest BCUT2D eigenvalue weighted by atomic mass is 32.1. The summed E-state index contributed by atoms with van der Waals surface area (Å²) in [6, 6.07) is 49.9. The highest BCUT2D eigenvalue weighted by molar-refractivity contribution is 7.25. The minimum atomic E-state index is -0.262. The molecule has 0 atom stereocenters. The van der Waals surface area contributed by atoms with Crippen molar-refractivity contribution in [2.45, 2.75) is 19.3 Å². The molecular weight excluding hydrogens is 603 g/mol. The van der Waals surface area contributed by atoms with Crippen LogP contribution in [0.2, 0.25) is 0 Å². The van der Waals surface area contributed by atoms with Crippen LogP contribution in [0.25, 0.3) is 87.0 Å². The smallest absolute Gasteiger partial charge is 0.164 e. The topological polar surface area (TPSA) is 38.7 Å². The zero-order chi connectivity index (χ0) is 32.0. The van der Waals surface area contributed by atoms with Crippen molar-refractivity contribution < 1.29 is 0 Å². The van der Waals surface area contributed by atoms with E-state index in [1.807, 2.05) is 29.5 Å². The van der Waals surface area contributed by atoms with Crippen molar-refractivity contribution >= 4 is 53.1 Å². The molecule has 0 radical (unpaired) electrons. The van der Waals surface area contributed by atoms with Gasteiger partial charge in [-0.1, -0.05) is 141 Å². The second kappa shape index (κ2) is 10.1. The molecule has 2 aromatic heterocycles. The van der Waals surface area contributed by atoms with Crippen molar-refractivity contribution in [3.05, 3.63) is 151 Å². The van der Waals surface area contributed by atoms with Gasteiger partial charge in [-0.2, -0.15) is 0 Å². The molecule has 0 unspecified atom stereocenters. The van der Waals surface area contributed by atoms with E-state index >= 15 is 0 Å². The lowest BCUT2D eigenvalue weighted by atomic mass is 9.79. The summed E-state index contributed by atoms with van der Waals surface area (Å²) in [4.78, 5) is 15.5. The van der Waals surface area contributed by atoms with Gasteiger partial charge in [-0.3, -0.25) is 0 Å². The molecule has 0 bridgehead atoms. The number of rotatable bonds is 3. The van der Waals surface area contributed by atoms with Crippen LogP contribution in [0.4, 0.5) is 0 Å². The van der Waals surface area contributed by atoms with Gasteiger partial charge in [0, 0.05) is 42.3 Å². The minimum absolute atomic E-state index is 0.262. The van der Waals surface area contributed by atoms with Crippen LogP contribution in [0.5, 0.6) is 0 Å². The first-order valence-electron chi connectivity index (χ1n) is 16.4. The number of hydrogen-bond donors (Lipinski definition) is 0. The summed E-state index contributed by atoms with van der Waals surface area (Å²) < 4.78 is 2.51. The first kappa shape index (κ1) is 27.4. The van der Waals surface area contributed by atoms with Crippen LogP contribution in [0.1, 0.15) is 25.0 Å². The van der Waals surface area contributed by atoms with E-state index in [0.29, 0.717) is 17.5 Å². The van der Waals surface area contributed by atoms with E-state index in [1.165, 1.54) is 64.0 Å². The highest BCUT2D eigenvalue weighted by Gasteiger charge is 2.39. The quantitative estimate of drug-likeness (QED) is 0.182. The fourth-order valence-corrected chi connectivity index (χ4v) is 9.01. The molecule has 4 heteroatoms. The Bertz CT molecular complexity index is 2760. The average Bonchev–Trinajstić information content (AvgIpc) is 3.63. The third-order valence-corrected chi connectivity index (χ3v) is 11.2. The summed E-state index contributed by atoms with van der Waals surface area (Å²) in [5.74, 6) is 2.05. The maximum Gasteiger partial charge on any atom is 0.164 e. The summed E-state index contributed by atoms with van der Waals surface area (Å²) in [7, 11) is 0. The largest absolute Gasteiger partial charge is 0.208 e. The molecule has 0 amide bonds. The Morgan fingerprint density at radius 1 is 0.479 bits per heavy atom. The molecule has 1 aliphatic carbocycles. The van der Waals surface area contributed by atoms with E-state index < -0.39 is 0 Å². The number of thiophene rings is 1. The fourth-order valence-electron chi connectivity index (χ4n) is 7.86. The summed E-state index contributed by atoms with van der Waals surface area (Å²) in [5.41, 5.74) is 7.91. The molecule has 48 heavy (non-hydrogen) atoms. The SMILES string of the molecule is CC1(C)c2ccc3ccc4ccccc4c3c2-c2cccc(-c3nc(-c4ccccc4)nc(-c4ccc5c(c4)sc4ccccc45)n3)c21. The van der Waals surface area contributed by atoms with Gasteiger partial charge in [-0.25, -0.2) is 15.0 Å². The molecule has 0 aliphatic heterocycles. The van der Waals surface area contributed by atoms with E-state index in [4.69, 9.17) is 15.0 Å². The Hall–Kier alpha value is -5.71. The molecule has 10 rings (SSSR count). The van der Waals surface area contributed by atoms with Gasteiger partial charge in [0.05, 0.1) is 0 Å². The number of fused-ring (bicyclic) bond motifs is 10. The van der Waals surface area contributed by atoms with E-state index in [0.717, 1.165) is 16.7 Å². The third-order valence-electron chi connectivity index (χ3n) is 10.1. The van der Waals surface area contributed by atoms with Crippen LogP contribution in [-0.4, -0.2) is 15.0 Å². The van der Waals surface area contributed by atoms with Gasteiger partial charge in [0.25, 0.3) is 0 Å². The van der Waals surface area contributed by atoms with E-state index in [2.05, 4.69) is 135 Å². The molecule has 3 nitrogen and oxygen atoms in total. The lowest BCUT2D eigenvalue weighted by Crippen LogP contribution is -2.17. The maximum absolute atomic E-state index is 5.26. The molecule has 0 saturated heterocycles. The lowest BCUT2D eigenvalue weighted by molar-refractivity contribution is 0.662. The van der Waals surface area contributed by atoms with Crippen LogP contribution in [0.15, 0.2) is 140 Å². The van der Waals surface area contributed by atoms with E-state index in [-0.39, 0.29) is 5.41 Å². The van der Waals surface area contributed by atoms with Gasteiger partial charge in [0.1, 0.15) is 0 Å². The molecule has 0 fully saturated rings. The Morgan fingerprint density at radius 3 is 2.02 bits per heavy atom. The third kappa shape index (κ3) is 3.96. The van der Waals surface area contributed by atoms with Crippen LogP contribution in [0, 0.1) is 0 Å². The van der Waals surface area contributed by atoms with E-state index in [1.54, 1.807) is 0 Å². The second-order valence-electron chi connectivity index (χ2n) is 13.2. The Labute approximate surface area is 282 Å². The van der Waals surface area contributed by atoms with Crippen molar-refractivity contribution in [3.63, 3.8) is 0 Å². The molecule has 2 heterocycles. The van der Waals surface area contributed by atoms with Crippen molar-refractivity contribution in [1.82, 2.24) is 15.0 Å². The highest BCUT2D eigenvalue weighted by Crippen LogP contribution is 2.55. The summed E-state index contributed by atoms with van der Waals surface area (Å²) in [6.45, 7) is 4.68. The monoisotopic (exact) mass is 631 g/mol. The number of benzene rings is 7. The predicted octanol–water partition coefficient (Wildman–Crippen LogP) is 11.9. The number of nitrogens with zero attached hydrogens (tertiary/aromatic N) is 3. The molecule has 0 spiro atoms. The van der Waals surface area contributed by atoms with Crippen molar-refractivity contribution in [2.24, 2.45) is 0 Å². The number of hydrogen-bond acceptors (Lipinski definition) is 4. The second-order valence-corrected chi connectivity index (χ2v) is 14.3. The van der Waals surface area contributed by atoms with Gasteiger partial charge >= 0.3 is 0 Å². The Kier molecular flexibility index (Phi) is 5.79. The molecule has 7 aromatic carbocycles. The first-order valence-corrected chi connectivity index (χ1v) is 17.2. The summed E-state index contributed by atoms with van der Waals surface area (Å²) >= 11 is 1.81. The average molecular weight is 632 g/mol.